The van der Waals surface area contributed by atoms with Gasteiger partial charge >= 0.3 is 0 Å². The van der Waals surface area contributed by atoms with Crippen molar-refractivity contribution in [2.75, 3.05) is 6.54 Å². The number of nitrogens with one attached hydrogen (secondary N) is 1. The number of hydrogen-bond donors (Lipinski definition) is 2. The predicted octanol–water partition coefficient (Wildman–Crippen LogP) is 3.39. The summed E-state index contributed by atoms with van der Waals surface area (Å²) in [6, 6.07) is 7.84. The molecule has 2 aliphatic heterocycles. The molecule has 3 unspecified atom stereocenters. The van der Waals surface area contributed by atoms with Crippen LogP contribution in [0.2, 0.25) is 0 Å². The smallest absolute Gasteiger partial charge is 0.231 e. The highest BCUT2D eigenvalue weighted by Crippen LogP contribution is 2.53. The van der Waals surface area contributed by atoms with Gasteiger partial charge in [0.1, 0.15) is 11.4 Å². The van der Waals surface area contributed by atoms with Gasteiger partial charge in [-0.15, -0.1) is 0 Å². The molecule has 2 amide bonds. The van der Waals surface area contributed by atoms with Crippen LogP contribution in [-0.4, -0.2) is 40.4 Å². The van der Waals surface area contributed by atoms with Crippen LogP contribution in [0.15, 0.2) is 29.3 Å². The largest absolute Gasteiger partial charge is 0.487 e. The van der Waals surface area contributed by atoms with Crippen molar-refractivity contribution < 1.29 is 14.3 Å². The normalized spacial score (nSPS) is 33.3. The first-order chi connectivity index (χ1) is 14.8. The average Bonchev–Trinajstić information content (AvgIpc) is 3.35. The molecule has 3 N–H and O–H groups in total. The molecule has 0 spiro atoms. The monoisotopic (exact) mass is 440 g/mol. The van der Waals surface area contributed by atoms with Crippen LogP contribution >= 0.6 is 0 Å². The van der Waals surface area contributed by atoms with Crippen LogP contribution in [-0.2, 0) is 9.59 Å². The third-order valence-corrected chi connectivity index (χ3v) is 7.55. The van der Waals surface area contributed by atoms with Gasteiger partial charge in [-0.1, -0.05) is 39.0 Å². The molecule has 1 saturated carbocycles. The van der Waals surface area contributed by atoms with E-state index in [0.717, 1.165) is 24.2 Å². The molecule has 174 valence electrons. The summed E-state index contributed by atoms with van der Waals surface area (Å²) in [5, 5.41) is 3.29. The van der Waals surface area contributed by atoms with Crippen LogP contribution in [0.4, 0.5) is 0 Å². The lowest BCUT2D eigenvalue weighted by Crippen LogP contribution is -2.52. The Balaban J connectivity index is 1.47. The summed E-state index contributed by atoms with van der Waals surface area (Å²) in [6.45, 7) is 12.7. The van der Waals surface area contributed by atoms with Crippen molar-refractivity contribution in [3.05, 3.63) is 29.8 Å². The summed E-state index contributed by atoms with van der Waals surface area (Å²) in [4.78, 5) is 31.9. The fourth-order valence-corrected chi connectivity index (χ4v) is 4.95. The number of guanidine groups is 1. The Morgan fingerprint density at radius 1 is 1.25 bits per heavy atom. The standard InChI is InChI=1S/C25H36N4O3/c1-15(2)25(6)12-18(16-9-7-8-10-19(16)32-25)27-21(31)17-11-24(17,5)14-29-20(30)13-23(3,4)28-22(29)26/h7-10,15,17-18H,11-14H2,1-6H3,(H2,26,28)(H,27,31)/t17?,18?,24-,25?/m1/s1. The van der Waals surface area contributed by atoms with Crippen molar-refractivity contribution in [1.29, 1.82) is 0 Å². The minimum Gasteiger partial charge on any atom is -0.487 e. The van der Waals surface area contributed by atoms with Gasteiger partial charge in [0.25, 0.3) is 0 Å². The lowest BCUT2D eigenvalue weighted by atomic mass is 9.81. The van der Waals surface area contributed by atoms with Gasteiger partial charge in [-0.05, 0) is 44.6 Å². The minimum atomic E-state index is -0.474. The molecule has 1 aliphatic carbocycles. The predicted molar refractivity (Wildman–Crippen MR) is 124 cm³/mol. The number of carbonyl (C=O) groups excluding carboxylic acids is 2. The summed E-state index contributed by atoms with van der Waals surface area (Å²) in [7, 11) is 0. The summed E-state index contributed by atoms with van der Waals surface area (Å²) < 4.78 is 6.33. The van der Waals surface area contributed by atoms with Crippen molar-refractivity contribution in [1.82, 2.24) is 10.2 Å². The second kappa shape index (κ2) is 7.49. The average molecular weight is 441 g/mol. The maximum atomic E-state index is 13.3. The molecule has 0 saturated heterocycles. The van der Waals surface area contributed by atoms with E-state index in [4.69, 9.17) is 10.5 Å². The van der Waals surface area contributed by atoms with E-state index in [9.17, 15) is 9.59 Å². The third kappa shape index (κ3) is 4.09. The van der Waals surface area contributed by atoms with Crippen LogP contribution in [0.3, 0.4) is 0 Å². The highest BCUT2D eigenvalue weighted by molar-refractivity contribution is 5.99. The van der Waals surface area contributed by atoms with Crippen LogP contribution < -0.4 is 15.8 Å². The van der Waals surface area contributed by atoms with Crippen molar-refractivity contribution in [3.8, 4) is 5.75 Å². The fraction of sp³-hybridized carbons (Fsp3) is 0.640. The lowest BCUT2D eigenvalue weighted by Gasteiger charge is -2.43. The van der Waals surface area contributed by atoms with Gasteiger partial charge in [0, 0.05) is 24.4 Å². The number of amides is 2. The molecule has 0 aromatic heterocycles. The van der Waals surface area contributed by atoms with Crippen LogP contribution in [0, 0.1) is 17.3 Å². The first-order valence-electron chi connectivity index (χ1n) is 11.6. The molecule has 7 nitrogen and oxygen atoms in total. The first-order valence-corrected chi connectivity index (χ1v) is 11.6. The highest BCUT2D eigenvalue weighted by Gasteiger charge is 2.57. The SMILES string of the molecule is CC(C)C1(C)CC(NC(=O)C2C[C@]2(C)CN2C(=O)CC(C)(C)N=C2N)c2ccccc2O1. The number of fused-ring (bicyclic) bond motifs is 1. The summed E-state index contributed by atoms with van der Waals surface area (Å²) in [6.07, 6.45) is 1.77. The van der Waals surface area contributed by atoms with E-state index in [1.54, 1.807) is 4.90 Å². The van der Waals surface area contributed by atoms with Gasteiger partial charge in [0.05, 0.1) is 18.0 Å². The molecule has 4 rings (SSSR count). The van der Waals surface area contributed by atoms with E-state index in [2.05, 4.69) is 31.1 Å². The van der Waals surface area contributed by atoms with Crippen LogP contribution in [0.5, 0.6) is 5.75 Å². The number of para-hydroxylation sites is 1. The highest BCUT2D eigenvalue weighted by atomic mass is 16.5. The Kier molecular flexibility index (Phi) is 5.30. The summed E-state index contributed by atoms with van der Waals surface area (Å²) in [5.41, 5.74) is 6.00. The first kappa shape index (κ1) is 22.6. The Morgan fingerprint density at radius 3 is 2.59 bits per heavy atom. The minimum absolute atomic E-state index is 0.0270. The van der Waals surface area contributed by atoms with Gasteiger partial charge in [0.15, 0.2) is 5.96 Å². The van der Waals surface area contributed by atoms with Crippen molar-refractivity contribution in [2.24, 2.45) is 28.0 Å². The number of benzene rings is 1. The molecular weight excluding hydrogens is 404 g/mol. The van der Waals surface area contributed by atoms with Gasteiger partial charge in [0.2, 0.25) is 11.8 Å². The van der Waals surface area contributed by atoms with Gasteiger partial charge in [-0.3, -0.25) is 14.5 Å². The van der Waals surface area contributed by atoms with E-state index >= 15 is 0 Å². The van der Waals surface area contributed by atoms with E-state index in [1.807, 2.05) is 45.0 Å². The number of rotatable bonds is 5. The zero-order valence-electron chi connectivity index (χ0n) is 20.1. The quantitative estimate of drug-likeness (QED) is 0.733. The molecule has 1 fully saturated rings. The third-order valence-electron chi connectivity index (χ3n) is 7.55. The maximum absolute atomic E-state index is 13.3. The number of hydrogen-bond acceptors (Lipinski definition) is 5. The number of nitrogens with two attached hydrogens (primary N) is 1. The topological polar surface area (TPSA) is 97.0 Å². The molecule has 1 aromatic rings. The van der Waals surface area contributed by atoms with E-state index < -0.39 is 5.54 Å². The lowest BCUT2D eigenvalue weighted by molar-refractivity contribution is -0.131. The van der Waals surface area contributed by atoms with Gasteiger partial charge in [-0.2, -0.15) is 0 Å². The van der Waals surface area contributed by atoms with Crippen molar-refractivity contribution in [3.63, 3.8) is 0 Å². The number of nitrogens with zero attached hydrogens (tertiary/aromatic N) is 2. The van der Waals surface area contributed by atoms with E-state index in [-0.39, 0.29) is 40.7 Å². The molecule has 7 heteroatoms. The Hall–Kier alpha value is -2.57. The Bertz CT molecular complexity index is 972. The number of carbonyl (C=O) groups is 2. The van der Waals surface area contributed by atoms with E-state index in [1.165, 1.54) is 0 Å². The summed E-state index contributed by atoms with van der Waals surface area (Å²) >= 11 is 0. The Labute approximate surface area is 190 Å². The maximum Gasteiger partial charge on any atom is 0.231 e. The molecule has 3 aliphatic rings. The van der Waals surface area contributed by atoms with Crippen molar-refractivity contribution in [2.45, 2.75) is 78.0 Å². The fourth-order valence-electron chi connectivity index (χ4n) is 4.95. The Morgan fingerprint density at radius 2 is 1.94 bits per heavy atom. The van der Waals surface area contributed by atoms with Crippen LogP contribution in [0.25, 0.3) is 0 Å². The van der Waals surface area contributed by atoms with Gasteiger partial charge in [-0.25, -0.2) is 4.99 Å². The second-order valence-electron chi connectivity index (χ2n) is 11.2. The summed E-state index contributed by atoms with van der Waals surface area (Å²) in [5.74, 6) is 1.24. The zero-order valence-corrected chi connectivity index (χ0v) is 20.1. The molecule has 4 atom stereocenters. The number of aliphatic imine (C=N–C) groups is 1. The number of ether oxygens (including phenoxy) is 1. The zero-order chi connectivity index (χ0) is 23.5. The van der Waals surface area contributed by atoms with Crippen molar-refractivity contribution >= 4 is 17.8 Å². The molecule has 32 heavy (non-hydrogen) atoms. The van der Waals surface area contributed by atoms with Crippen LogP contribution in [0.1, 0.15) is 72.4 Å². The van der Waals surface area contributed by atoms with E-state index in [0.29, 0.717) is 18.9 Å². The molecule has 2 heterocycles. The van der Waals surface area contributed by atoms with Gasteiger partial charge < -0.3 is 15.8 Å². The molecule has 0 bridgehead atoms. The molecular formula is C25H36N4O3. The second-order valence-corrected chi connectivity index (χ2v) is 11.2. The molecule has 1 aromatic carbocycles. The molecule has 0 radical (unpaired) electrons.